The molecule has 1 rings (SSSR count). The highest BCUT2D eigenvalue weighted by atomic mass is 35.5. The van der Waals surface area contributed by atoms with Gasteiger partial charge < -0.3 is 16.2 Å². The van der Waals surface area contributed by atoms with Crippen molar-refractivity contribution in [3.8, 4) is 0 Å². The summed E-state index contributed by atoms with van der Waals surface area (Å²) in [4.78, 5) is 0. The van der Waals surface area contributed by atoms with Crippen LogP contribution in [0.3, 0.4) is 0 Å². The first-order valence-corrected chi connectivity index (χ1v) is 5.89. The van der Waals surface area contributed by atoms with Crippen LogP contribution in [0.4, 0.5) is 11.4 Å². The fraction of sp³-hybridized carbons (Fsp3) is 0.500. The lowest BCUT2D eigenvalue weighted by molar-refractivity contribution is 0.202. The van der Waals surface area contributed by atoms with Crippen LogP contribution in [0.25, 0.3) is 0 Å². The molecule has 0 spiro atoms. The smallest absolute Gasteiger partial charge is 0.0739 e. The van der Waals surface area contributed by atoms with Crippen molar-refractivity contribution in [2.75, 3.05) is 17.7 Å². The molecule has 0 aromatic heterocycles. The van der Waals surface area contributed by atoms with Crippen molar-refractivity contribution in [2.45, 2.75) is 32.2 Å². The molecule has 0 aliphatic carbocycles. The van der Waals surface area contributed by atoms with Gasteiger partial charge in [0.25, 0.3) is 0 Å². The van der Waals surface area contributed by atoms with Crippen LogP contribution in [0.5, 0.6) is 0 Å². The predicted octanol–water partition coefficient (Wildman–Crippen LogP) is 2.89. The Morgan fingerprint density at radius 1 is 1.38 bits per heavy atom. The Morgan fingerprint density at radius 3 is 2.50 bits per heavy atom. The fourth-order valence-corrected chi connectivity index (χ4v) is 1.80. The highest BCUT2D eigenvalue weighted by Crippen LogP contribution is 2.30. The van der Waals surface area contributed by atoms with Crippen LogP contribution in [0.1, 0.15) is 26.7 Å². The molecule has 1 aromatic carbocycles. The second-order valence-electron chi connectivity index (χ2n) is 3.97. The molecule has 0 saturated heterocycles. The van der Waals surface area contributed by atoms with E-state index in [9.17, 15) is 5.11 Å². The quantitative estimate of drug-likeness (QED) is 0.696. The molecule has 0 atom stereocenters. The number of aliphatic hydroxyl groups excluding tert-OH is 1. The first kappa shape index (κ1) is 13.1. The summed E-state index contributed by atoms with van der Waals surface area (Å²) in [6.07, 6.45) is 1.65. The second-order valence-corrected chi connectivity index (χ2v) is 4.38. The normalized spacial score (nSPS) is 11.5. The van der Waals surface area contributed by atoms with Gasteiger partial charge in [0.2, 0.25) is 0 Å². The van der Waals surface area contributed by atoms with Gasteiger partial charge in [-0.1, -0.05) is 31.5 Å². The van der Waals surface area contributed by atoms with Gasteiger partial charge in [-0.3, -0.25) is 0 Å². The minimum absolute atomic E-state index is 0.0754. The molecule has 0 amide bonds. The van der Waals surface area contributed by atoms with Gasteiger partial charge in [-0.05, 0) is 25.0 Å². The van der Waals surface area contributed by atoms with Gasteiger partial charge in [0.15, 0.2) is 0 Å². The molecule has 0 fully saturated rings. The molecular formula is C12H19ClN2O. The molecule has 0 heterocycles. The number of nitrogens with one attached hydrogen (secondary N) is 1. The largest absolute Gasteiger partial charge is 0.396 e. The lowest BCUT2D eigenvalue weighted by atomic mass is 9.93. The molecule has 0 unspecified atom stereocenters. The SMILES string of the molecule is CCC(CC)(CO)Nc1cccc(Cl)c1N. The average molecular weight is 243 g/mol. The van der Waals surface area contributed by atoms with Crippen molar-refractivity contribution >= 4 is 23.0 Å². The molecule has 1 aromatic rings. The summed E-state index contributed by atoms with van der Waals surface area (Å²) in [6, 6.07) is 5.46. The molecule has 4 heteroatoms. The van der Waals surface area contributed by atoms with Crippen molar-refractivity contribution < 1.29 is 5.11 Å². The number of rotatable bonds is 5. The van der Waals surface area contributed by atoms with Crippen LogP contribution in [-0.4, -0.2) is 17.3 Å². The summed E-state index contributed by atoms with van der Waals surface area (Å²) in [7, 11) is 0. The Labute approximate surface area is 102 Å². The van der Waals surface area contributed by atoms with E-state index in [4.69, 9.17) is 17.3 Å². The van der Waals surface area contributed by atoms with Crippen LogP contribution in [0.15, 0.2) is 18.2 Å². The minimum atomic E-state index is -0.321. The summed E-state index contributed by atoms with van der Waals surface area (Å²) in [5.74, 6) is 0. The molecule has 3 nitrogen and oxygen atoms in total. The molecule has 4 N–H and O–H groups in total. The van der Waals surface area contributed by atoms with Gasteiger partial charge in [0.1, 0.15) is 0 Å². The van der Waals surface area contributed by atoms with E-state index in [1.54, 1.807) is 6.07 Å². The number of benzene rings is 1. The molecule has 0 bridgehead atoms. The summed E-state index contributed by atoms with van der Waals surface area (Å²) < 4.78 is 0. The lowest BCUT2D eigenvalue weighted by Gasteiger charge is -2.32. The van der Waals surface area contributed by atoms with Crippen molar-refractivity contribution in [3.63, 3.8) is 0 Å². The van der Waals surface area contributed by atoms with Gasteiger partial charge >= 0.3 is 0 Å². The van der Waals surface area contributed by atoms with Crippen molar-refractivity contribution in [1.29, 1.82) is 0 Å². The Balaban J connectivity index is 2.98. The minimum Gasteiger partial charge on any atom is -0.396 e. The van der Waals surface area contributed by atoms with E-state index < -0.39 is 0 Å². The van der Waals surface area contributed by atoms with Gasteiger partial charge in [-0.2, -0.15) is 0 Å². The van der Waals surface area contributed by atoms with E-state index in [-0.39, 0.29) is 12.1 Å². The Kier molecular flexibility index (Phi) is 4.44. The van der Waals surface area contributed by atoms with Crippen LogP contribution in [-0.2, 0) is 0 Å². The molecular weight excluding hydrogens is 224 g/mol. The summed E-state index contributed by atoms with van der Waals surface area (Å²) >= 11 is 5.94. The first-order valence-electron chi connectivity index (χ1n) is 5.51. The number of anilines is 2. The zero-order valence-corrected chi connectivity index (χ0v) is 10.5. The monoisotopic (exact) mass is 242 g/mol. The predicted molar refractivity (Wildman–Crippen MR) is 69.9 cm³/mol. The van der Waals surface area contributed by atoms with E-state index in [2.05, 4.69) is 5.32 Å². The molecule has 0 aliphatic rings. The maximum absolute atomic E-state index is 9.46. The number of nitrogens with two attached hydrogens (primary N) is 1. The standard InChI is InChI=1S/C12H19ClN2O/c1-3-12(4-2,8-16)15-10-7-5-6-9(13)11(10)14/h5-7,15-16H,3-4,8,14H2,1-2H3. The first-order chi connectivity index (χ1) is 7.58. The third-order valence-electron chi connectivity index (χ3n) is 3.11. The Morgan fingerprint density at radius 2 is 2.00 bits per heavy atom. The molecule has 0 aliphatic heterocycles. The zero-order valence-electron chi connectivity index (χ0n) is 9.76. The number of aliphatic hydroxyl groups is 1. The number of nitrogen functional groups attached to an aromatic ring is 1. The topological polar surface area (TPSA) is 58.3 Å². The lowest BCUT2D eigenvalue weighted by Crippen LogP contribution is -2.41. The summed E-state index contributed by atoms with van der Waals surface area (Å²) in [5, 5.41) is 13.3. The number of hydrogen-bond acceptors (Lipinski definition) is 3. The van der Waals surface area contributed by atoms with E-state index in [0.717, 1.165) is 18.5 Å². The van der Waals surface area contributed by atoms with Crippen LogP contribution < -0.4 is 11.1 Å². The Bertz CT molecular complexity index is 343. The van der Waals surface area contributed by atoms with E-state index in [1.165, 1.54) is 0 Å². The zero-order chi connectivity index (χ0) is 12.2. The Hall–Kier alpha value is -0.930. The van der Waals surface area contributed by atoms with Gasteiger partial charge in [-0.25, -0.2) is 0 Å². The third kappa shape index (κ3) is 2.60. The number of hydrogen-bond donors (Lipinski definition) is 3. The van der Waals surface area contributed by atoms with E-state index in [0.29, 0.717) is 10.7 Å². The van der Waals surface area contributed by atoms with Crippen molar-refractivity contribution in [2.24, 2.45) is 0 Å². The van der Waals surface area contributed by atoms with Crippen LogP contribution in [0, 0.1) is 0 Å². The highest BCUT2D eigenvalue weighted by molar-refractivity contribution is 6.33. The van der Waals surface area contributed by atoms with Crippen LogP contribution in [0.2, 0.25) is 5.02 Å². The van der Waals surface area contributed by atoms with Crippen LogP contribution >= 0.6 is 11.6 Å². The number of halogens is 1. The number of para-hydroxylation sites is 1. The molecule has 16 heavy (non-hydrogen) atoms. The second kappa shape index (κ2) is 5.41. The highest BCUT2D eigenvalue weighted by Gasteiger charge is 2.25. The van der Waals surface area contributed by atoms with Gasteiger partial charge in [-0.15, -0.1) is 0 Å². The average Bonchev–Trinajstić information content (AvgIpc) is 2.32. The van der Waals surface area contributed by atoms with Gasteiger partial charge in [0, 0.05) is 0 Å². The third-order valence-corrected chi connectivity index (χ3v) is 3.44. The van der Waals surface area contributed by atoms with E-state index >= 15 is 0 Å². The maximum atomic E-state index is 9.46. The van der Waals surface area contributed by atoms with Gasteiger partial charge in [0.05, 0.1) is 28.5 Å². The summed E-state index contributed by atoms with van der Waals surface area (Å²) in [6.45, 7) is 4.15. The van der Waals surface area contributed by atoms with E-state index in [1.807, 2.05) is 26.0 Å². The molecule has 90 valence electrons. The molecule has 0 radical (unpaired) electrons. The maximum Gasteiger partial charge on any atom is 0.0739 e. The van der Waals surface area contributed by atoms with Crippen molar-refractivity contribution in [1.82, 2.24) is 0 Å². The summed E-state index contributed by atoms with van der Waals surface area (Å²) in [5.41, 5.74) is 6.87. The fourth-order valence-electron chi connectivity index (χ4n) is 1.62. The molecule has 0 saturated carbocycles. The van der Waals surface area contributed by atoms with Crippen molar-refractivity contribution in [3.05, 3.63) is 23.2 Å².